The van der Waals surface area contributed by atoms with Crippen LogP contribution in [0.2, 0.25) is 0 Å². The van der Waals surface area contributed by atoms with Gasteiger partial charge in [-0.2, -0.15) is 0 Å². The van der Waals surface area contributed by atoms with Crippen LogP contribution >= 0.6 is 0 Å². The van der Waals surface area contributed by atoms with Crippen molar-refractivity contribution in [3.63, 3.8) is 0 Å². The number of methoxy groups -OCH3 is 2. The quantitative estimate of drug-likeness (QED) is 0.394. The molecule has 0 heterocycles. The number of carbonyl (C=O) groups is 1. The first-order valence-electron chi connectivity index (χ1n) is 11.2. The van der Waals surface area contributed by atoms with Crippen LogP contribution in [0.3, 0.4) is 0 Å². The van der Waals surface area contributed by atoms with Crippen LogP contribution in [0.1, 0.15) is 18.1 Å². The van der Waals surface area contributed by atoms with E-state index < -0.39 is 10.0 Å². The van der Waals surface area contributed by atoms with Crippen molar-refractivity contribution < 1.29 is 27.4 Å². The molecule has 8 nitrogen and oxygen atoms in total. The number of nitrogens with one attached hydrogen (secondary N) is 2. The van der Waals surface area contributed by atoms with Gasteiger partial charge in [-0.1, -0.05) is 25.1 Å². The van der Waals surface area contributed by atoms with E-state index in [9.17, 15) is 13.2 Å². The Morgan fingerprint density at radius 1 is 0.857 bits per heavy atom. The fourth-order valence-corrected chi connectivity index (χ4v) is 4.37. The second kappa shape index (κ2) is 12.2. The van der Waals surface area contributed by atoms with Crippen molar-refractivity contribution in [1.82, 2.24) is 4.72 Å². The van der Waals surface area contributed by atoms with Crippen LogP contribution in [0.15, 0.2) is 71.6 Å². The third kappa shape index (κ3) is 7.46. The van der Waals surface area contributed by atoms with Gasteiger partial charge in [-0.05, 0) is 72.5 Å². The third-order valence-corrected chi connectivity index (χ3v) is 6.78. The minimum Gasteiger partial charge on any atom is -0.493 e. The molecular weight excluding hydrogens is 468 g/mol. The third-order valence-electron chi connectivity index (χ3n) is 5.30. The molecule has 0 spiro atoms. The fourth-order valence-electron chi connectivity index (χ4n) is 3.33. The molecule has 3 aromatic carbocycles. The number of anilines is 1. The first kappa shape index (κ1) is 26.1. The molecule has 9 heteroatoms. The summed E-state index contributed by atoms with van der Waals surface area (Å²) in [6, 6.07) is 19.0. The van der Waals surface area contributed by atoms with Crippen LogP contribution < -0.4 is 24.2 Å². The number of amides is 1. The number of carbonyl (C=O) groups excluding carboxylic acids is 1. The molecule has 0 aliphatic carbocycles. The number of benzene rings is 3. The zero-order valence-electron chi connectivity index (χ0n) is 20.0. The average molecular weight is 499 g/mol. The van der Waals surface area contributed by atoms with Crippen LogP contribution in [0.25, 0.3) is 0 Å². The van der Waals surface area contributed by atoms with Gasteiger partial charge in [0.25, 0.3) is 5.91 Å². The Bertz CT molecular complexity index is 1230. The van der Waals surface area contributed by atoms with Crippen molar-refractivity contribution in [1.29, 1.82) is 0 Å². The normalized spacial score (nSPS) is 11.1. The smallest absolute Gasteiger partial charge is 0.262 e. The number of rotatable bonds is 12. The fraction of sp³-hybridized carbons (Fsp3) is 0.269. The maximum absolute atomic E-state index is 12.6. The van der Waals surface area contributed by atoms with E-state index in [0.717, 1.165) is 12.0 Å². The Balaban J connectivity index is 1.49. The lowest BCUT2D eigenvalue weighted by Crippen LogP contribution is -2.26. The maximum Gasteiger partial charge on any atom is 0.262 e. The molecule has 0 unspecified atom stereocenters. The Morgan fingerprint density at radius 2 is 1.51 bits per heavy atom. The van der Waals surface area contributed by atoms with E-state index in [1.165, 1.54) is 29.8 Å². The van der Waals surface area contributed by atoms with E-state index in [-0.39, 0.29) is 24.0 Å². The van der Waals surface area contributed by atoms with Crippen molar-refractivity contribution in [3.05, 3.63) is 77.9 Å². The Hall–Kier alpha value is -3.56. The van der Waals surface area contributed by atoms with Gasteiger partial charge in [0.05, 0.1) is 19.1 Å². The van der Waals surface area contributed by atoms with Gasteiger partial charge >= 0.3 is 0 Å². The molecule has 0 aliphatic heterocycles. The molecule has 0 saturated heterocycles. The Kier molecular flexibility index (Phi) is 9.11. The maximum atomic E-state index is 12.6. The van der Waals surface area contributed by atoms with E-state index >= 15 is 0 Å². The molecule has 0 aromatic heterocycles. The summed E-state index contributed by atoms with van der Waals surface area (Å²) in [6.07, 6.45) is 1.41. The summed E-state index contributed by atoms with van der Waals surface area (Å²) >= 11 is 0. The number of hydrogen-bond donors (Lipinski definition) is 2. The minimum atomic E-state index is -3.69. The Labute approximate surface area is 206 Å². The highest BCUT2D eigenvalue weighted by atomic mass is 32.2. The van der Waals surface area contributed by atoms with Crippen molar-refractivity contribution in [2.75, 3.05) is 32.7 Å². The predicted octanol–water partition coefficient (Wildman–Crippen LogP) is 3.80. The van der Waals surface area contributed by atoms with E-state index in [2.05, 4.69) is 17.0 Å². The summed E-state index contributed by atoms with van der Waals surface area (Å²) in [5.41, 5.74) is 2.79. The molecular formula is C26H30N2O6S. The van der Waals surface area contributed by atoms with Crippen LogP contribution in [-0.2, 0) is 27.7 Å². The van der Waals surface area contributed by atoms with Gasteiger partial charge in [-0.25, -0.2) is 13.1 Å². The monoisotopic (exact) mass is 498 g/mol. The molecule has 0 aliphatic rings. The molecule has 3 rings (SSSR count). The van der Waals surface area contributed by atoms with Gasteiger partial charge in [-0.15, -0.1) is 0 Å². The molecule has 35 heavy (non-hydrogen) atoms. The second-order valence-electron chi connectivity index (χ2n) is 7.70. The van der Waals surface area contributed by atoms with Crippen molar-refractivity contribution in [2.24, 2.45) is 0 Å². The molecule has 1 amide bonds. The first-order valence-corrected chi connectivity index (χ1v) is 12.6. The minimum absolute atomic E-state index is 0.109. The molecule has 0 radical (unpaired) electrons. The largest absolute Gasteiger partial charge is 0.493 e. The Morgan fingerprint density at radius 3 is 2.14 bits per heavy atom. The second-order valence-corrected chi connectivity index (χ2v) is 9.46. The highest BCUT2D eigenvalue weighted by molar-refractivity contribution is 7.89. The number of hydrogen-bond acceptors (Lipinski definition) is 6. The lowest BCUT2D eigenvalue weighted by molar-refractivity contribution is -0.118. The lowest BCUT2D eigenvalue weighted by Gasteiger charge is -2.11. The van der Waals surface area contributed by atoms with Gasteiger partial charge in [0, 0.05) is 12.2 Å². The summed E-state index contributed by atoms with van der Waals surface area (Å²) < 4.78 is 43.8. The number of sulfonamides is 1. The van der Waals surface area contributed by atoms with Crippen molar-refractivity contribution in [2.45, 2.75) is 24.7 Å². The van der Waals surface area contributed by atoms with E-state index in [1.54, 1.807) is 20.3 Å². The van der Waals surface area contributed by atoms with Gasteiger partial charge in [0.1, 0.15) is 5.75 Å². The van der Waals surface area contributed by atoms with Crippen molar-refractivity contribution >= 4 is 21.6 Å². The molecule has 186 valence electrons. The molecule has 0 saturated carbocycles. The highest BCUT2D eigenvalue weighted by Crippen LogP contribution is 2.27. The number of ether oxygens (including phenoxy) is 3. The molecule has 0 fully saturated rings. The van der Waals surface area contributed by atoms with Gasteiger partial charge < -0.3 is 19.5 Å². The van der Waals surface area contributed by atoms with Gasteiger partial charge in [0.15, 0.2) is 18.1 Å². The highest BCUT2D eigenvalue weighted by Gasteiger charge is 2.14. The summed E-state index contributed by atoms with van der Waals surface area (Å²) in [6.45, 7) is 2.09. The molecule has 3 aromatic rings. The molecule has 0 atom stereocenters. The van der Waals surface area contributed by atoms with Crippen LogP contribution in [0, 0.1) is 0 Å². The zero-order chi connectivity index (χ0) is 25.3. The summed E-state index contributed by atoms with van der Waals surface area (Å²) in [4.78, 5) is 12.2. The molecule has 0 bridgehead atoms. The molecule has 2 N–H and O–H groups in total. The lowest BCUT2D eigenvalue weighted by atomic mass is 10.1. The van der Waals surface area contributed by atoms with Crippen LogP contribution in [0.4, 0.5) is 5.69 Å². The SMILES string of the molecule is CCc1ccc(NC(=O)COc2ccc(S(=O)(=O)NCCc3ccc(OC)c(OC)c3)cc2)cc1. The number of aryl methyl sites for hydroxylation is 1. The summed E-state index contributed by atoms with van der Waals surface area (Å²) in [5.74, 6) is 1.29. The van der Waals surface area contributed by atoms with Crippen molar-refractivity contribution in [3.8, 4) is 17.2 Å². The summed E-state index contributed by atoms with van der Waals surface area (Å²) in [7, 11) is -0.585. The average Bonchev–Trinajstić information content (AvgIpc) is 2.88. The standard InChI is InChI=1S/C26H30N2O6S/c1-4-19-5-8-21(9-6-19)28-26(29)18-34-22-10-12-23(13-11-22)35(30,31)27-16-15-20-7-14-24(32-2)25(17-20)33-3/h5-14,17,27H,4,15-16,18H2,1-3H3,(H,28,29). The van der Waals surface area contributed by atoms with Crippen LogP contribution in [-0.4, -0.2) is 41.7 Å². The van der Waals surface area contributed by atoms with E-state index in [4.69, 9.17) is 14.2 Å². The zero-order valence-corrected chi connectivity index (χ0v) is 20.9. The van der Waals surface area contributed by atoms with E-state index in [1.807, 2.05) is 36.4 Å². The van der Waals surface area contributed by atoms with E-state index in [0.29, 0.717) is 29.4 Å². The van der Waals surface area contributed by atoms with Gasteiger partial charge in [0.2, 0.25) is 10.0 Å². The topological polar surface area (TPSA) is 103 Å². The van der Waals surface area contributed by atoms with Gasteiger partial charge in [-0.3, -0.25) is 4.79 Å². The van der Waals surface area contributed by atoms with Crippen LogP contribution in [0.5, 0.6) is 17.2 Å². The first-order chi connectivity index (χ1) is 16.8. The predicted molar refractivity (Wildman–Crippen MR) is 135 cm³/mol. The summed E-state index contributed by atoms with van der Waals surface area (Å²) in [5, 5.41) is 2.76.